The summed E-state index contributed by atoms with van der Waals surface area (Å²) in [5, 5.41) is 12.2. The lowest BCUT2D eigenvalue weighted by molar-refractivity contribution is -0.146. The van der Waals surface area contributed by atoms with Gasteiger partial charge in [-0.3, -0.25) is 9.59 Å². The van der Waals surface area contributed by atoms with E-state index in [0.29, 0.717) is 6.42 Å². The number of amides is 1. The third kappa shape index (κ3) is 2.31. The monoisotopic (exact) mass is 239 g/mol. The molecular formula is C13H21NO3. The summed E-state index contributed by atoms with van der Waals surface area (Å²) in [6.45, 7) is 2.09. The van der Waals surface area contributed by atoms with E-state index < -0.39 is 11.9 Å². The van der Waals surface area contributed by atoms with E-state index in [1.54, 1.807) is 0 Å². The Morgan fingerprint density at radius 3 is 2.35 bits per heavy atom. The maximum absolute atomic E-state index is 12.2. The molecule has 17 heavy (non-hydrogen) atoms. The number of carboxylic acids is 1. The molecule has 0 saturated heterocycles. The van der Waals surface area contributed by atoms with Crippen LogP contribution in [0.15, 0.2) is 0 Å². The molecule has 96 valence electrons. The normalized spacial score (nSPS) is 30.6. The van der Waals surface area contributed by atoms with Crippen molar-refractivity contribution in [3.8, 4) is 0 Å². The minimum absolute atomic E-state index is 0.0251. The number of carbonyl (C=O) groups is 2. The van der Waals surface area contributed by atoms with Gasteiger partial charge in [-0.1, -0.05) is 13.3 Å². The highest BCUT2D eigenvalue weighted by molar-refractivity contribution is 5.85. The van der Waals surface area contributed by atoms with E-state index >= 15 is 0 Å². The van der Waals surface area contributed by atoms with E-state index in [1.807, 2.05) is 0 Å². The predicted molar refractivity (Wildman–Crippen MR) is 63.5 cm³/mol. The average Bonchev–Trinajstić information content (AvgIpc) is 2.72. The van der Waals surface area contributed by atoms with E-state index in [0.717, 1.165) is 32.1 Å². The molecule has 2 aliphatic rings. The molecule has 2 unspecified atom stereocenters. The van der Waals surface area contributed by atoms with Gasteiger partial charge in [0.15, 0.2) is 0 Å². The van der Waals surface area contributed by atoms with Crippen LogP contribution < -0.4 is 5.32 Å². The summed E-state index contributed by atoms with van der Waals surface area (Å²) in [5.74, 6) is -1.63. The second-order valence-corrected chi connectivity index (χ2v) is 5.46. The van der Waals surface area contributed by atoms with Gasteiger partial charge in [-0.15, -0.1) is 0 Å². The molecule has 0 aliphatic heterocycles. The van der Waals surface area contributed by atoms with Crippen molar-refractivity contribution in [2.45, 2.75) is 57.4 Å². The van der Waals surface area contributed by atoms with Crippen molar-refractivity contribution >= 4 is 11.9 Å². The minimum Gasteiger partial charge on any atom is -0.481 e. The van der Waals surface area contributed by atoms with Crippen LogP contribution in [-0.4, -0.2) is 22.5 Å². The minimum atomic E-state index is -0.818. The van der Waals surface area contributed by atoms with Crippen LogP contribution in [0.5, 0.6) is 0 Å². The molecule has 0 radical (unpaired) electrons. The Hall–Kier alpha value is -1.06. The standard InChI is InChI=1S/C13H21NO3/c1-2-13(7-4-8-13)14-11(15)9-5-3-6-10(9)12(16)17/h9-10H,2-8H2,1H3,(H,14,15)(H,16,17). The zero-order valence-corrected chi connectivity index (χ0v) is 10.4. The summed E-state index contributed by atoms with van der Waals surface area (Å²) >= 11 is 0. The van der Waals surface area contributed by atoms with Crippen LogP contribution in [0.2, 0.25) is 0 Å². The smallest absolute Gasteiger partial charge is 0.307 e. The highest BCUT2D eigenvalue weighted by atomic mass is 16.4. The van der Waals surface area contributed by atoms with Gasteiger partial charge in [-0.05, 0) is 38.5 Å². The fourth-order valence-electron chi connectivity index (χ4n) is 3.09. The van der Waals surface area contributed by atoms with Crippen LogP contribution in [0, 0.1) is 11.8 Å². The molecule has 0 heterocycles. The fraction of sp³-hybridized carbons (Fsp3) is 0.846. The van der Waals surface area contributed by atoms with Crippen LogP contribution in [-0.2, 0) is 9.59 Å². The van der Waals surface area contributed by atoms with Gasteiger partial charge in [0, 0.05) is 5.54 Å². The molecule has 0 aromatic rings. The Morgan fingerprint density at radius 1 is 1.24 bits per heavy atom. The van der Waals surface area contributed by atoms with Crippen molar-refractivity contribution in [1.82, 2.24) is 5.32 Å². The predicted octanol–water partition coefficient (Wildman–Crippen LogP) is 1.94. The van der Waals surface area contributed by atoms with Crippen LogP contribution in [0.1, 0.15) is 51.9 Å². The Morgan fingerprint density at radius 2 is 1.88 bits per heavy atom. The van der Waals surface area contributed by atoms with E-state index in [4.69, 9.17) is 5.11 Å². The molecular weight excluding hydrogens is 218 g/mol. The molecule has 2 fully saturated rings. The van der Waals surface area contributed by atoms with Gasteiger partial charge in [0.05, 0.1) is 11.8 Å². The Kier molecular flexibility index (Phi) is 3.40. The first-order valence-electron chi connectivity index (χ1n) is 6.63. The quantitative estimate of drug-likeness (QED) is 0.787. The van der Waals surface area contributed by atoms with Crippen molar-refractivity contribution < 1.29 is 14.7 Å². The molecule has 0 bridgehead atoms. The van der Waals surface area contributed by atoms with Gasteiger partial charge in [-0.2, -0.15) is 0 Å². The molecule has 2 N–H and O–H groups in total. The number of carbonyl (C=O) groups excluding carboxylic acids is 1. The van der Waals surface area contributed by atoms with Crippen LogP contribution >= 0.6 is 0 Å². The average molecular weight is 239 g/mol. The SMILES string of the molecule is CCC1(NC(=O)C2CCCC2C(=O)O)CCC1. The van der Waals surface area contributed by atoms with Gasteiger partial charge in [-0.25, -0.2) is 0 Å². The van der Waals surface area contributed by atoms with Crippen molar-refractivity contribution in [1.29, 1.82) is 0 Å². The first-order chi connectivity index (χ1) is 8.08. The van der Waals surface area contributed by atoms with E-state index in [-0.39, 0.29) is 17.4 Å². The van der Waals surface area contributed by atoms with E-state index in [1.165, 1.54) is 6.42 Å². The summed E-state index contributed by atoms with van der Waals surface area (Å²) in [4.78, 5) is 23.2. The summed E-state index contributed by atoms with van der Waals surface area (Å²) in [6, 6.07) is 0. The third-order valence-corrected chi connectivity index (χ3v) is 4.55. The molecule has 2 aliphatic carbocycles. The summed E-state index contributed by atoms with van der Waals surface area (Å²) in [7, 11) is 0. The van der Waals surface area contributed by atoms with Crippen molar-refractivity contribution in [3.05, 3.63) is 0 Å². The van der Waals surface area contributed by atoms with Crippen LogP contribution in [0.4, 0.5) is 0 Å². The molecule has 0 spiro atoms. The lowest BCUT2D eigenvalue weighted by atomic mass is 9.74. The first-order valence-corrected chi connectivity index (χ1v) is 6.63. The molecule has 1 amide bonds. The van der Waals surface area contributed by atoms with Gasteiger partial charge in [0.25, 0.3) is 0 Å². The van der Waals surface area contributed by atoms with E-state index in [9.17, 15) is 9.59 Å². The lowest BCUT2D eigenvalue weighted by Crippen LogP contribution is -2.55. The third-order valence-electron chi connectivity index (χ3n) is 4.55. The summed E-state index contributed by atoms with van der Waals surface area (Å²) < 4.78 is 0. The fourth-order valence-corrected chi connectivity index (χ4v) is 3.09. The summed E-state index contributed by atoms with van der Waals surface area (Å²) in [6.07, 6.45) is 6.42. The Balaban J connectivity index is 1.97. The maximum atomic E-state index is 12.2. The number of nitrogens with one attached hydrogen (secondary N) is 1. The van der Waals surface area contributed by atoms with E-state index in [2.05, 4.69) is 12.2 Å². The zero-order valence-electron chi connectivity index (χ0n) is 10.4. The lowest BCUT2D eigenvalue weighted by Gasteiger charge is -2.42. The Labute approximate surface area is 102 Å². The van der Waals surface area contributed by atoms with Gasteiger partial charge in [0.2, 0.25) is 5.91 Å². The zero-order chi connectivity index (χ0) is 12.5. The van der Waals surface area contributed by atoms with Crippen molar-refractivity contribution in [2.24, 2.45) is 11.8 Å². The molecule has 0 aromatic heterocycles. The second-order valence-electron chi connectivity index (χ2n) is 5.46. The molecule has 4 nitrogen and oxygen atoms in total. The van der Waals surface area contributed by atoms with Gasteiger partial charge in [0.1, 0.15) is 0 Å². The highest BCUT2D eigenvalue weighted by Crippen LogP contribution is 2.37. The summed E-state index contributed by atoms with van der Waals surface area (Å²) in [5.41, 5.74) is -0.0251. The number of hydrogen-bond acceptors (Lipinski definition) is 2. The van der Waals surface area contributed by atoms with Crippen molar-refractivity contribution in [2.75, 3.05) is 0 Å². The number of rotatable bonds is 4. The van der Waals surface area contributed by atoms with Crippen molar-refractivity contribution in [3.63, 3.8) is 0 Å². The van der Waals surface area contributed by atoms with Gasteiger partial charge < -0.3 is 10.4 Å². The molecule has 2 saturated carbocycles. The number of hydrogen-bond donors (Lipinski definition) is 2. The van der Waals surface area contributed by atoms with Gasteiger partial charge >= 0.3 is 5.97 Å². The van der Waals surface area contributed by atoms with Crippen LogP contribution in [0.25, 0.3) is 0 Å². The number of aliphatic carboxylic acids is 1. The molecule has 0 aromatic carbocycles. The van der Waals surface area contributed by atoms with Crippen LogP contribution in [0.3, 0.4) is 0 Å². The first kappa shape index (κ1) is 12.4. The molecule has 2 atom stereocenters. The molecule has 2 rings (SSSR count). The maximum Gasteiger partial charge on any atom is 0.307 e. The Bertz CT molecular complexity index is 317. The largest absolute Gasteiger partial charge is 0.481 e. The molecule has 4 heteroatoms. The second kappa shape index (κ2) is 4.67. The number of carboxylic acid groups (broad SMARTS) is 1. The topological polar surface area (TPSA) is 66.4 Å². The highest BCUT2D eigenvalue weighted by Gasteiger charge is 2.42.